The van der Waals surface area contributed by atoms with E-state index >= 15 is 0 Å². The van der Waals surface area contributed by atoms with Gasteiger partial charge >= 0.3 is 0 Å². The maximum atomic E-state index is 12.0. The molecule has 1 aromatic heterocycles. The summed E-state index contributed by atoms with van der Waals surface area (Å²) in [7, 11) is 0. The van der Waals surface area contributed by atoms with Gasteiger partial charge in [0.25, 0.3) is 5.91 Å². The lowest BCUT2D eigenvalue weighted by atomic mass is 10.1. The lowest BCUT2D eigenvalue weighted by Gasteiger charge is -2.14. The van der Waals surface area contributed by atoms with E-state index in [1.54, 1.807) is 0 Å². The molecule has 1 aliphatic rings. The van der Waals surface area contributed by atoms with Gasteiger partial charge in [0.05, 0.1) is 0 Å². The van der Waals surface area contributed by atoms with Crippen molar-refractivity contribution in [3.05, 3.63) is 11.9 Å². The number of carbonyl (C=O) groups excluding carboxylic acids is 1. The summed E-state index contributed by atoms with van der Waals surface area (Å²) in [6.07, 6.45) is 10.4. The molecule has 5 heteroatoms. The maximum Gasteiger partial charge on any atom is 0.271 e. The Kier molecular flexibility index (Phi) is 5.89. The number of rotatable bonds is 8. The van der Waals surface area contributed by atoms with Gasteiger partial charge in [-0.3, -0.25) is 4.79 Å². The Morgan fingerprint density at radius 1 is 1.35 bits per heavy atom. The Morgan fingerprint density at radius 2 is 2.15 bits per heavy atom. The van der Waals surface area contributed by atoms with Crippen LogP contribution in [-0.4, -0.2) is 28.5 Å². The van der Waals surface area contributed by atoms with Gasteiger partial charge in [-0.15, -0.1) is 0 Å². The van der Waals surface area contributed by atoms with Crippen LogP contribution in [0.1, 0.15) is 62.4 Å². The predicted octanol–water partition coefficient (Wildman–Crippen LogP) is 2.79. The van der Waals surface area contributed by atoms with Crippen LogP contribution in [0.3, 0.4) is 0 Å². The van der Waals surface area contributed by atoms with E-state index in [0.29, 0.717) is 5.69 Å². The zero-order valence-corrected chi connectivity index (χ0v) is 12.5. The van der Waals surface area contributed by atoms with E-state index in [9.17, 15) is 4.79 Å². The summed E-state index contributed by atoms with van der Waals surface area (Å²) in [4.78, 5) is 16.3. The van der Waals surface area contributed by atoms with E-state index in [4.69, 9.17) is 0 Å². The van der Waals surface area contributed by atoms with Gasteiger partial charge in [-0.05, 0) is 12.8 Å². The first-order chi connectivity index (χ1) is 9.81. The Morgan fingerprint density at radius 3 is 2.95 bits per heavy atom. The fourth-order valence-corrected chi connectivity index (χ4v) is 2.48. The number of nitrogens with one attached hydrogen (secondary N) is 2. The van der Waals surface area contributed by atoms with Crippen molar-refractivity contribution in [2.45, 2.75) is 58.4 Å². The van der Waals surface area contributed by atoms with Crippen molar-refractivity contribution >= 4 is 11.9 Å². The molecule has 20 heavy (non-hydrogen) atoms. The average molecular weight is 278 g/mol. The molecule has 0 bridgehead atoms. The second-order valence-corrected chi connectivity index (χ2v) is 5.45. The van der Waals surface area contributed by atoms with Crippen LogP contribution in [0.2, 0.25) is 0 Å². The Hall–Kier alpha value is -1.52. The summed E-state index contributed by atoms with van der Waals surface area (Å²) in [5.74, 6) is 0.767. The molecule has 0 unspecified atom stereocenters. The molecule has 0 saturated carbocycles. The number of anilines is 1. The van der Waals surface area contributed by atoms with Gasteiger partial charge in [0.1, 0.15) is 5.69 Å². The minimum absolute atomic E-state index is 0.0535. The van der Waals surface area contributed by atoms with E-state index < -0.39 is 0 Å². The lowest BCUT2D eigenvalue weighted by Crippen LogP contribution is -2.24. The molecule has 0 radical (unpaired) electrons. The van der Waals surface area contributed by atoms with Crippen molar-refractivity contribution in [1.82, 2.24) is 14.9 Å². The van der Waals surface area contributed by atoms with Crippen molar-refractivity contribution in [2.24, 2.45) is 0 Å². The molecular formula is C15H26N4O. The SMILES string of the molecule is CCCCCCCCNC(=O)c1cn2c(n1)NCCC2. The maximum absolute atomic E-state index is 12.0. The van der Waals surface area contributed by atoms with Crippen LogP contribution in [-0.2, 0) is 6.54 Å². The van der Waals surface area contributed by atoms with Crippen LogP contribution in [0.4, 0.5) is 5.95 Å². The molecule has 5 nitrogen and oxygen atoms in total. The zero-order chi connectivity index (χ0) is 14.2. The molecule has 2 N–H and O–H groups in total. The van der Waals surface area contributed by atoms with Crippen LogP contribution >= 0.6 is 0 Å². The highest BCUT2D eigenvalue weighted by Crippen LogP contribution is 2.13. The molecule has 0 saturated heterocycles. The summed E-state index contributed by atoms with van der Waals surface area (Å²) in [6, 6.07) is 0. The summed E-state index contributed by atoms with van der Waals surface area (Å²) < 4.78 is 2.02. The number of imidazole rings is 1. The Labute approximate surface area is 121 Å². The van der Waals surface area contributed by atoms with Gasteiger partial charge in [-0.1, -0.05) is 39.0 Å². The number of aryl methyl sites for hydroxylation is 1. The van der Waals surface area contributed by atoms with Crippen molar-refractivity contribution < 1.29 is 4.79 Å². The van der Waals surface area contributed by atoms with Crippen LogP contribution in [0.5, 0.6) is 0 Å². The van der Waals surface area contributed by atoms with E-state index in [1.807, 2.05) is 10.8 Å². The molecule has 112 valence electrons. The molecule has 2 rings (SSSR count). The average Bonchev–Trinajstić information content (AvgIpc) is 2.90. The number of hydrogen-bond donors (Lipinski definition) is 2. The fraction of sp³-hybridized carbons (Fsp3) is 0.733. The highest BCUT2D eigenvalue weighted by atomic mass is 16.1. The fourth-order valence-electron chi connectivity index (χ4n) is 2.48. The molecule has 0 spiro atoms. The van der Waals surface area contributed by atoms with Crippen molar-refractivity contribution in [2.75, 3.05) is 18.4 Å². The summed E-state index contributed by atoms with van der Waals surface area (Å²) >= 11 is 0. The first kappa shape index (κ1) is 14.9. The molecular weight excluding hydrogens is 252 g/mol. The minimum Gasteiger partial charge on any atom is -0.356 e. The molecule has 2 heterocycles. The first-order valence-corrected chi connectivity index (χ1v) is 7.90. The van der Waals surface area contributed by atoms with Crippen molar-refractivity contribution in [3.63, 3.8) is 0 Å². The van der Waals surface area contributed by atoms with Gasteiger partial charge in [0, 0.05) is 25.8 Å². The number of nitrogens with zero attached hydrogens (tertiary/aromatic N) is 2. The normalized spacial score (nSPS) is 13.7. The second kappa shape index (κ2) is 7.92. The molecule has 1 aromatic rings. The topological polar surface area (TPSA) is 59.0 Å². The van der Waals surface area contributed by atoms with Crippen LogP contribution < -0.4 is 10.6 Å². The number of hydrogen-bond acceptors (Lipinski definition) is 3. The number of fused-ring (bicyclic) bond motifs is 1. The minimum atomic E-state index is -0.0535. The van der Waals surface area contributed by atoms with Crippen LogP contribution in [0, 0.1) is 0 Å². The molecule has 0 aromatic carbocycles. The molecule has 0 atom stereocenters. The van der Waals surface area contributed by atoms with Gasteiger partial charge in [-0.2, -0.15) is 0 Å². The number of amides is 1. The number of aromatic nitrogens is 2. The lowest BCUT2D eigenvalue weighted by molar-refractivity contribution is 0.0948. The smallest absolute Gasteiger partial charge is 0.271 e. The van der Waals surface area contributed by atoms with Crippen molar-refractivity contribution in [3.8, 4) is 0 Å². The van der Waals surface area contributed by atoms with Crippen LogP contribution in [0.25, 0.3) is 0 Å². The number of carbonyl (C=O) groups is 1. The highest BCUT2D eigenvalue weighted by Gasteiger charge is 2.15. The first-order valence-electron chi connectivity index (χ1n) is 7.90. The van der Waals surface area contributed by atoms with Crippen molar-refractivity contribution in [1.29, 1.82) is 0 Å². The van der Waals surface area contributed by atoms with E-state index in [1.165, 1.54) is 32.1 Å². The van der Waals surface area contributed by atoms with Crippen LogP contribution in [0.15, 0.2) is 6.20 Å². The largest absolute Gasteiger partial charge is 0.356 e. The molecule has 1 amide bonds. The quantitative estimate of drug-likeness (QED) is 0.719. The Balaban J connectivity index is 1.66. The molecule has 1 aliphatic heterocycles. The third-order valence-corrected chi connectivity index (χ3v) is 3.68. The van der Waals surface area contributed by atoms with E-state index in [0.717, 1.165) is 38.4 Å². The summed E-state index contributed by atoms with van der Waals surface area (Å²) in [6.45, 7) is 4.86. The monoisotopic (exact) mass is 278 g/mol. The molecule has 0 aliphatic carbocycles. The molecule has 0 fully saturated rings. The standard InChI is InChI=1S/C15H26N4O/c1-2-3-4-5-6-7-9-16-14(20)13-12-19-11-8-10-17-15(19)18-13/h12H,2-11H2,1H3,(H,16,20)(H,17,18). The van der Waals surface area contributed by atoms with Gasteiger partial charge in [0.15, 0.2) is 0 Å². The second-order valence-electron chi connectivity index (χ2n) is 5.45. The Bertz CT molecular complexity index is 404. The van der Waals surface area contributed by atoms with E-state index in [-0.39, 0.29) is 5.91 Å². The predicted molar refractivity (Wildman–Crippen MR) is 81.0 cm³/mol. The third kappa shape index (κ3) is 4.25. The van der Waals surface area contributed by atoms with Gasteiger partial charge in [0.2, 0.25) is 5.95 Å². The summed E-state index contributed by atoms with van der Waals surface area (Å²) in [5.41, 5.74) is 0.528. The van der Waals surface area contributed by atoms with E-state index in [2.05, 4.69) is 22.5 Å². The van der Waals surface area contributed by atoms with Gasteiger partial charge < -0.3 is 15.2 Å². The highest BCUT2D eigenvalue weighted by molar-refractivity contribution is 5.92. The summed E-state index contributed by atoms with van der Waals surface area (Å²) in [5, 5.41) is 6.16. The zero-order valence-electron chi connectivity index (χ0n) is 12.5. The number of unbranched alkanes of at least 4 members (excludes halogenated alkanes) is 5. The third-order valence-electron chi connectivity index (χ3n) is 3.68. The van der Waals surface area contributed by atoms with Gasteiger partial charge in [-0.25, -0.2) is 4.98 Å².